The number of rotatable bonds is 8. The summed E-state index contributed by atoms with van der Waals surface area (Å²) in [5.41, 5.74) is 1.42. The summed E-state index contributed by atoms with van der Waals surface area (Å²) in [5, 5.41) is 11.0. The van der Waals surface area contributed by atoms with Gasteiger partial charge in [-0.3, -0.25) is 10.1 Å². The van der Waals surface area contributed by atoms with E-state index in [1.165, 1.54) is 24.3 Å². The lowest BCUT2D eigenvalue weighted by Gasteiger charge is -2.26. The van der Waals surface area contributed by atoms with Crippen LogP contribution in [0.15, 0.2) is 102 Å². The molecule has 1 N–H and O–H groups in total. The molecule has 0 fully saturated rings. The van der Waals surface area contributed by atoms with Crippen LogP contribution in [-0.4, -0.2) is 13.3 Å². The Hall–Kier alpha value is -3.29. The number of hydrogen-bond donors (Lipinski definition) is 1. The molecule has 29 heavy (non-hydrogen) atoms. The molecule has 3 aromatic rings. The van der Waals surface area contributed by atoms with Crippen LogP contribution in [-0.2, 0) is 10.0 Å². The highest BCUT2D eigenvalue weighted by molar-refractivity contribution is 7.89. The van der Waals surface area contributed by atoms with E-state index in [1.54, 1.807) is 36.4 Å². The van der Waals surface area contributed by atoms with Crippen molar-refractivity contribution in [3.8, 4) is 0 Å². The van der Waals surface area contributed by atoms with E-state index < -0.39 is 21.0 Å². The normalized spacial score (nSPS) is 13.4. The monoisotopic (exact) mass is 408 g/mol. The third-order valence-corrected chi connectivity index (χ3v) is 6.05. The summed E-state index contributed by atoms with van der Waals surface area (Å²) < 4.78 is 28.7. The Morgan fingerprint density at radius 3 is 1.93 bits per heavy atom. The minimum Gasteiger partial charge on any atom is -0.258 e. The maximum Gasteiger partial charge on any atom is 0.269 e. The third kappa shape index (κ3) is 4.77. The second-order valence-corrected chi connectivity index (χ2v) is 8.15. The lowest BCUT2D eigenvalue weighted by atomic mass is 9.87. The summed E-state index contributed by atoms with van der Waals surface area (Å²) in [5.74, 6) is -0.379. The lowest BCUT2D eigenvalue weighted by Crippen LogP contribution is -2.32. The van der Waals surface area contributed by atoms with Gasteiger partial charge in [0.15, 0.2) is 0 Å². The van der Waals surface area contributed by atoms with Crippen molar-refractivity contribution in [2.24, 2.45) is 0 Å². The van der Waals surface area contributed by atoms with E-state index in [0.29, 0.717) is 5.56 Å². The Labute approximate surface area is 169 Å². The van der Waals surface area contributed by atoms with Gasteiger partial charge in [-0.05, 0) is 23.3 Å². The predicted molar refractivity (Wildman–Crippen MR) is 112 cm³/mol. The molecule has 3 rings (SSSR count). The van der Waals surface area contributed by atoms with Crippen LogP contribution >= 0.6 is 0 Å². The van der Waals surface area contributed by atoms with E-state index in [9.17, 15) is 18.5 Å². The standard InChI is InChI=1S/C22H20N2O4S/c1-2-21(17-9-5-3-6-10-17)22(18-13-15-19(16-14-18)24(25)26)23-29(27,28)20-11-7-4-8-12-20/h2-16,21-23H,1H2/t21-,22+/m1/s1. The van der Waals surface area contributed by atoms with Crippen molar-refractivity contribution in [3.05, 3.63) is 119 Å². The Morgan fingerprint density at radius 2 is 1.41 bits per heavy atom. The summed E-state index contributed by atoms with van der Waals surface area (Å²) in [6.45, 7) is 3.89. The number of nitrogens with one attached hydrogen (secondary N) is 1. The molecular weight excluding hydrogens is 388 g/mol. The van der Waals surface area contributed by atoms with Crippen molar-refractivity contribution in [2.45, 2.75) is 16.9 Å². The number of sulfonamides is 1. The fourth-order valence-electron chi connectivity index (χ4n) is 3.13. The molecule has 0 aliphatic carbocycles. The number of non-ortho nitro benzene ring substituents is 1. The SMILES string of the molecule is C=C[C@H](c1ccccc1)[C@@H](NS(=O)(=O)c1ccccc1)c1ccc([N+](=O)[O-])cc1. The zero-order chi connectivity index (χ0) is 20.9. The van der Waals surface area contributed by atoms with Gasteiger partial charge in [0.05, 0.1) is 15.9 Å². The third-order valence-electron chi connectivity index (χ3n) is 4.60. The quantitative estimate of drug-likeness (QED) is 0.335. The minimum atomic E-state index is -3.83. The summed E-state index contributed by atoms with van der Waals surface area (Å²) in [6.07, 6.45) is 1.68. The molecule has 3 aromatic carbocycles. The number of benzene rings is 3. The second-order valence-electron chi connectivity index (χ2n) is 6.43. The number of nitro groups is 1. The van der Waals surface area contributed by atoms with Crippen LogP contribution in [0.1, 0.15) is 23.1 Å². The van der Waals surface area contributed by atoms with E-state index in [0.717, 1.165) is 5.56 Å². The Balaban J connectivity index is 2.06. The molecule has 0 spiro atoms. The highest BCUT2D eigenvalue weighted by atomic mass is 32.2. The molecule has 148 valence electrons. The number of nitrogens with zero attached hydrogens (tertiary/aromatic N) is 1. The molecule has 0 radical (unpaired) electrons. The fourth-order valence-corrected chi connectivity index (χ4v) is 4.40. The van der Waals surface area contributed by atoms with Gasteiger partial charge in [0, 0.05) is 18.1 Å². The summed E-state index contributed by atoms with van der Waals surface area (Å²) in [6, 6.07) is 22.6. The molecule has 0 amide bonds. The summed E-state index contributed by atoms with van der Waals surface area (Å²) in [7, 11) is -3.83. The number of hydrogen-bond acceptors (Lipinski definition) is 4. The topological polar surface area (TPSA) is 89.3 Å². The van der Waals surface area contributed by atoms with E-state index in [1.807, 2.05) is 30.3 Å². The maximum atomic E-state index is 13.0. The smallest absolute Gasteiger partial charge is 0.258 e. The summed E-state index contributed by atoms with van der Waals surface area (Å²) in [4.78, 5) is 10.6. The second kappa shape index (κ2) is 8.81. The van der Waals surface area contributed by atoms with Gasteiger partial charge in [0.1, 0.15) is 0 Å². The minimum absolute atomic E-state index is 0.0618. The molecule has 6 nitrogen and oxygen atoms in total. The first kappa shape index (κ1) is 20.4. The largest absolute Gasteiger partial charge is 0.269 e. The van der Waals surface area contributed by atoms with Gasteiger partial charge in [-0.1, -0.05) is 66.7 Å². The van der Waals surface area contributed by atoms with E-state index in [4.69, 9.17) is 0 Å². The average Bonchev–Trinajstić information content (AvgIpc) is 2.75. The first-order valence-electron chi connectivity index (χ1n) is 8.91. The highest BCUT2D eigenvalue weighted by Gasteiger charge is 2.28. The maximum absolute atomic E-state index is 13.0. The van der Waals surface area contributed by atoms with Crippen molar-refractivity contribution in [3.63, 3.8) is 0 Å². The van der Waals surface area contributed by atoms with Gasteiger partial charge < -0.3 is 0 Å². The van der Waals surface area contributed by atoms with E-state index >= 15 is 0 Å². The Bertz CT molecular complexity index is 1080. The van der Waals surface area contributed by atoms with Crippen molar-refractivity contribution < 1.29 is 13.3 Å². The average molecular weight is 408 g/mol. The van der Waals surface area contributed by atoms with Gasteiger partial charge in [-0.2, -0.15) is 0 Å². The molecule has 0 aliphatic heterocycles. The van der Waals surface area contributed by atoms with Crippen LogP contribution in [0.4, 0.5) is 5.69 Å². The van der Waals surface area contributed by atoms with Gasteiger partial charge in [0.2, 0.25) is 10.0 Å². The van der Waals surface area contributed by atoms with Crippen molar-refractivity contribution in [2.75, 3.05) is 0 Å². The molecular formula is C22H20N2O4S. The van der Waals surface area contributed by atoms with Gasteiger partial charge in [0.25, 0.3) is 5.69 Å². The van der Waals surface area contributed by atoms with E-state index in [-0.39, 0.29) is 16.5 Å². The van der Waals surface area contributed by atoms with Crippen molar-refractivity contribution in [1.82, 2.24) is 4.72 Å². The van der Waals surface area contributed by atoms with Crippen LogP contribution in [0.5, 0.6) is 0 Å². The molecule has 0 heterocycles. The highest BCUT2D eigenvalue weighted by Crippen LogP contribution is 2.34. The first-order valence-corrected chi connectivity index (χ1v) is 10.4. The molecule has 0 aromatic heterocycles. The van der Waals surface area contributed by atoms with Gasteiger partial charge in [-0.15, -0.1) is 6.58 Å². The van der Waals surface area contributed by atoms with Crippen LogP contribution in [0.25, 0.3) is 0 Å². The molecule has 2 atom stereocenters. The molecule has 0 unspecified atom stereocenters. The zero-order valence-corrected chi connectivity index (χ0v) is 16.3. The van der Waals surface area contributed by atoms with Crippen molar-refractivity contribution >= 4 is 15.7 Å². The molecule has 7 heteroatoms. The van der Waals surface area contributed by atoms with Crippen LogP contribution in [0.3, 0.4) is 0 Å². The lowest BCUT2D eigenvalue weighted by molar-refractivity contribution is -0.384. The Morgan fingerprint density at radius 1 is 0.862 bits per heavy atom. The van der Waals surface area contributed by atoms with Crippen LogP contribution in [0, 0.1) is 10.1 Å². The van der Waals surface area contributed by atoms with Crippen LogP contribution in [0.2, 0.25) is 0 Å². The van der Waals surface area contributed by atoms with Crippen molar-refractivity contribution in [1.29, 1.82) is 0 Å². The first-order chi connectivity index (χ1) is 13.9. The molecule has 0 bridgehead atoms. The Kier molecular flexibility index (Phi) is 6.21. The van der Waals surface area contributed by atoms with Gasteiger partial charge >= 0.3 is 0 Å². The fraction of sp³-hybridized carbons (Fsp3) is 0.0909. The van der Waals surface area contributed by atoms with Crippen LogP contribution < -0.4 is 4.72 Å². The molecule has 0 aliphatic rings. The number of nitro benzene ring substituents is 1. The molecule has 0 saturated heterocycles. The predicted octanol–water partition coefficient (Wildman–Crippen LogP) is 4.58. The van der Waals surface area contributed by atoms with E-state index in [2.05, 4.69) is 11.3 Å². The molecule has 0 saturated carbocycles. The summed E-state index contributed by atoms with van der Waals surface area (Å²) >= 11 is 0. The van der Waals surface area contributed by atoms with Gasteiger partial charge in [-0.25, -0.2) is 13.1 Å². The zero-order valence-electron chi connectivity index (χ0n) is 15.5.